The molecule has 4 N–H and O–H groups in total. The van der Waals surface area contributed by atoms with E-state index < -0.39 is 0 Å². The average molecular weight is 582 g/mol. The lowest BCUT2D eigenvalue weighted by Crippen LogP contribution is -2.27. The van der Waals surface area contributed by atoms with Crippen molar-refractivity contribution in [1.82, 2.24) is 20.2 Å². The first kappa shape index (κ1) is 42.6. The van der Waals surface area contributed by atoms with Gasteiger partial charge in [-0.25, -0.2) is 0 Å². The highest BCUT2D eigenvalue weighted by Crippen LogP contribution is 2.07. The van der Waals surface area contributed by atoms with Crippen LogP contribution >= 0.6 is 0 Å². The van der Waals surface area contributed by atoms with E-state index in [0.717, 1.165) is 56.5 Å². The minimum atomic E-state index is 0.0391. The van der Waals surface area contributed by atoms with Crippen LogP contribution in [-0.4, -0.2) is 97.8 Å². The van der Waals surface area contributed by atoms with Gasteiger partial charge in [0.1, 0.15) is 12.1 Å². The molecule has 0 aromatic carbocycles. The summed E-state index contributed by atoms with van der Waals surface area (Å²) in [6.07, 6.45) is 16.7. The van der Waals surface area contributed by atoms with E-state index >= 15 is 0 Å². The topological polar surface area (TPSA) is 136 Å². The summed E-state index contributed by atoms with van der Waals surface area (Å²) >= 11 is 0. The van der Waals surface area contributed by atoms with Crippen LogP contribution in [0.3, 0.4) is 0 Å². The first-order valence-corrected chi connectivity index (χ1v) is 14.7. The van der Waals surface area contributed by atoms with Crippen molar-refractivity contribution >= 4 is 23.9 Å². The summed E-state index contributed by atoms with van der Waals surface area (Å²) in [5.74, 6) is 0.221. The van der Waals surface area contributed by atoms with Crippen molar-refractivity contribution < 1.29 is 24.4 Å². The quantitative estimate of drug-likeness (QED) is 0.0798. The summed E-state index contributed by atoms with van der Waals surface area (Å²) in [4.78, 5) is 46.4. The minimum absolute atomic E-state index is 0.0391. The maximum atomic E-state index is 11.5. The highest BCUT2D eigenvalue weighted by atomic mass is 16.5. The van der Waals surface area contributed by atoms with Gasteiger partial charge in [-0.1, -0.05) is 50.6 Å². The molecule has 0 atom stereocenters. The van der Waals surface area contributed by atoms with Crippen LogP contribution < -0.4 is 11.1 Å². The predicted molar refractivity (Wildman–Crippen MR) is 168 cm³/mol. The van der Waals surface area contributed by atoms with Gasteiger partial charge in [-0.2, -0.15) is 0 Å². The SMILES string of the molecule is C=C(CCC=O)N(O)CCCCCN.CCC/C=C/CN(C)C(C)=O.CNC/C=C/CCN(C)C(=O)CCC(C)=O. The summed E-state index contributed by atoms with van der Waals surface area (Å²) in [5, 5.41) is 13.6. The van der Waals surface area contributed by atoms with Gasteiger partial charge in [-0.15, -0.1) is 0 Å². The Morgan fingerprint density at radius 2 is 1.54 bits per heavy atom. The van der Waals surface area contributed by atoms with E-state index in [9.17, 15) is 24.4 Å². The summed E-state index contributed by atoms with van der Waals surface area (Å²) < 4.78 is 0. The van der Waals surface area contributed by atoms with Crippen LogP contribution in [0.2, 0.25) is 0 Å². The van der Waals surface area contributed by atoms with Crippen molar-refractivity contribution in [2.24, 2.45) is 5.73 Å². The van der Waals surface area contributed by atoms with Gasteiger partial charge >= 0.3 is 0 Å². The molecule has 0 aromatic rings. The number of nitrogens with one attached hydrogen (secondary N) is 1. The summed E-state index contributed by atoms with van der Waals surface area (Å²) in [6, 6.07) is 0. The van der Waals surface area contributed by atoms with Crippen molar-refractivity contribution in [3.8, 4) is 0 Å². The van der Waals surface area contributed by atoms with E-state index in [2.05, 4.69) is 24.9 Å². The van der Waals surface area contributed by atoms with E-state index in [1.165, 1.54) is 13.3 Å². The number of hydroxylamine groups is 2. The monoisotopic (exact) mass is 581 g/mol. The molecule has 0 heterocycles. The lowest BCUT2D eigenvalue weighted by molar-refractivity contribution is -0.131. The van der Waals surface area contributed by atoms with Crippen LogP contribution in [0.15, 0.2) is 36.6 Å². The zero-order chi connectivity index (χ0) is 31.9. The lowest BCUT2D eigenvalue weighted by Gasteiger charge is -2.18. The number of nitrogens with two attached hydrogens (primary N) is 1. The summed E-state index contributed by atoms with van der Waals surface area (Å²) in [5.41, 5.74) is 5.94. The Hall–Kier alpha value is -2.82. The third-order valence-electron chi connectivity index (χ3n) is 5.77. The van der Waals surface area contributed by atoms with E-state index in [0.29, 0.717) is 51.0 Å². The van der Waals surface area contributed by atoms with E-state index in [4.69, 9.17) is 5.73 Å². The van der Waals surface area contributed by atoms with Crippen LogP contribution in [-0.2, 0) is 19.2 Å². The molecular formula is C31H59N5O5. The second-order valence-corrected chi connectivity index (χ2v) is 9.74. The van der Waals surface area contributed by atoms with E-state index in [1.54, 1.807) is 30.8 Å². The Morgan fingerprint density at radius 3 is 2.07 bits per heavy atom. The summed E-state index contributed by atoms with van der Waals surface area (Å²) in [6.45, 7) is 12.5. The van der Waals surface area contributed by atoms with Gasteiger partial charge < -0.3 is 30.4 Å². The predicted octanol–water partition coefficient (Wildman–Crippen LogP) is 4.10. The van der Waals surface area contributed by atoms with Crippen LogP contribution in [0.4, 0.5) is 0 Å². The number of unbranched alkanes of at least 4 members (excludes halogenated alkanes) is 3. The molecule has 0 fully saturated rings. The number of Topliss-reactive ketones (excluding diaryl/α,β-unsaturated/α-hetero) is 1. The van der Waals surface area contributed by atoms with Crippen LogP contribution in [0.1, 0.15) is 85.0 Å². The van der Waals surface area contributed by atoms with Crippen molar-refractivity contribution in [2.45, 2.75) is 85.0 Å². The van der Waals surface area contributed by atoms with Crippen molar-refractivity contribution in [3.05, 3.63) is 36.6 Å². The molecule has 0 aliphatic rings. The molecule has 0 rings (SSSR count). The molecule has 0 radical (unpaired) electrons. The number of likely N-dealkylation sites (N-methyl/N-ethyl adjacent to an activating group) is 2. The first-order valence-electron chi connectivity index (χ1n) is 14.7. The second kappa shape index (κ2) is 31.7. The zero-order valence-corrected chi connectivity index (χ0v) is 26.7. The number of hydrogen-bond donors (Lipinski definition) is 3. The Kier molecular flexibility index (Phi) is 33.0. The maximum Gasteiger partial charge on any atom is 0.222 e. The Bertz CT molecular complexity index is 755. The molecule has 41 heavy (non-hydrogen) atoms. The van der Waals surface area contributed by atoms with Gasteiger partial charge in [0.15, 0.2) is 0 Å². The molecule has 0 saturated carbocycles. The minimum Gasteiger partial charge on any atom is -0.345 e. The van der Waals surface area contributed by atoms with E-state index in [1.807, 2.05) is 25.3 Å². The van der Waals surface area contributed by atoms with Crippen LogP contribution in [0, 0.1) is 0 Å². The molecule has 0 aliphatic heterocycles. The normalized spacial score (nSPS) is 10.3. The number of carbonyl (C=O) groups is 4. The largest absolute Gasteiger partial charge is 0.345 e. The summed E-state index contributed by atoms with van der Waals surface area (Å²) in [7, 11) is 5.47. The number of allylic oxidation sites excluding steroid dienone is 2. The number of hydrogen-bond acceptors (Lipinski definition) is 8. The first-order chi connectivity index (χ1) is 19.5. The third kappa shape index (κ3) is 33.3. The molecule has 0 unspecified atom stereocenters. The van der Waals surface area contributed by atoms with Gasteiger partial charge in [0.2, 0.25) is 11.8 Å². The zero-order valence-electron chi connectivity index (χ0n) is 26.7. The third-order valence-corrected chi connectivity index (χ3v) is 5.77. The molecule has 238 valence electrons. The van der Waals surface area contributed by atoms with Gasteiger partial charge in [-0.05, 0) is 52.6 Å². The average Bonchev–Trinajstić information content (AvgIpc) is 2.95. The highest BCUT2D eigenvalue weighted by molar-refractivity contribution is 5.83. The number of nitrogens with zero attached hydrogens (tertiary/aromatic N) is 3. The number of aldehydes is 1. The Balaban J connectivity index is -0.000000538. The Morgan fingerprint density at radius 1 is 0.878 bits per heavy atom. The van der Waals surface area contributed by atoms with Gasteiger partial charge in [0.05, 0.1) is 0 Å². The standard InChI is InChI=1S/C12H22N2O2.C10H20N2O2.C9H17NO/c1-11(15)7-8-12(16)14(3)10-6-4-5-9-13-2;1-10(6-5-9-13)12(14)8-4-2-3-7-11;1-4-5-6-7-8-10(3)9(2)11/h4-5,13H,6-10H2,1-3H3;9,14H,1-8,11H2;6-7H,4-5,8H2,1-3H3/b5-4+;;7-6+. The fraction of sp³-hybridized carbons (Fsp3) is 0.677. The highest BCUT2D eigenvalue weighted by Gasteiger charge is 2.08. The fourth-order valence-corrected chi connectivity index (χ4v) is 2.93. The van der Waals surface area contributed by atoms with Crippen molar-refractivity contribution in [1.29, 1.82) is 0 Å². The number of carbonyl (C=O) groups excluding carboxylic acids is 4. The van der Waals surface area contributed by atoms with Crippen molar-refractivity contribution in [3.63, 3.8) is 0 Å². The van der Waals surface area contributed by atoms with Gasteiger partial charge in [-0.3, -0.25) is 19.9 Å². The molecule has 10 heteroatoms. The molecule has 10 nitrogen and oxygen atoms in total. The number of ketones is 1. The van der Waals surface area contributed by atoms with Crippen molar-refractivity contribution in [2.75, 3.05) is 53.9 Å². The molecule has 2 amide bonds. The molecule has 0 bridgehead atoms. The van der Waals surface area contributed by atoms with E-state index in [-0.39, 0.29) is 17.6 Å². The Labute approximate surface area is 249 Å². The number of amides is 2. The smallest absolute Gasteiger partial charge is 0.222 e. The number of rotatable bonds is 21. The molecule has 0 saturated heterocycles. The maximum absolute atomic E-state index is 11.5. The molecule has 0 spiro atoms. The van der Waals surface area contributed by atoms with Gasteiger partial charge in [0.25, 0.3) is 0 Å². The molecule has 0 aliphatic carbocycles. The second-order valence-electron chi connectivity index (χ2n) is 9.74. The molecular weight excluding hydrogens is 522 g/mol. The molecule has 0 aromatic heterocycles. The van der Waals surface area contributed by atoms with Crippen LogP contribution in [0.5, 0.6) is 0 Å². The van der Waals surface area contributed by atoms with Gasteiger partial charge in [0, 0.05) is 72.2 Å². The lowest BCUT2D eigenvalue weighted by atomic mass is 10.2. The fourth-order valence-electron chi connectivity index (χ4n) is 2.93. The van der Waals surface area contributed by atoms with Crippen LogP contribution in [0.25, 0.3) is 0 Å².